The Labute approximate surface area is 54.5 Å². The van der Waals surface area contributed by atoms with E-state index in [0.29, 0.717) is 6.54 Å². The fourth-order valence-corrected chi connectivity index (χ4v) is 0.590. The van der Waals surface area contributed by atoms with Crippen molar-refractivity contribution >= 4 is 19.4 Å². The van der Waals surface area contributed by atoms with Gasteiger partial charge in [0.2, 0.25) is 5.91 Å². The molecule has 48 valence electrons. The van der Waals surface area contributed by atoms with Gasteiger partial charge in [-0.15, -0.1) is 0 Å². The molecular formula is C4H9NO2S. The number of nitrogens with one attached hydrogen (secondary N) is 1. The van der Waals surface area contributed by atoms with Gasteiger partial charge in [0.25, 0.3) is 0 Å². The number of β-amino-alcohol motifs (C(OH)–C–C–N with tert-alkyl or cyclic N) is 1. The van der Waals surface area contributed by atoms with E-state index in [4.69, 9.17) is 5.11 Å². The van der Waals surface area contributed by atoms with Crippen LogP contribution in [0.4, 0.5) is 0 Å². The molecule has 0 spiro atoms. The second-order valence-corrected chi connectivity index (χ2v) is 1.66. The quantitative estimate of drug-likeness (QED) is 0.446. The average molecular weight is 135 g/mol. The molecule has 0 saturated carbocycles. The van der Waals surface area contributed by atoms with Crippen molar-refractivity contribution < 1.29 is 9.90 Å². The summed E-state index contributed by atoms with van der Waals surface area (Å²) >= 11 is 0. The lowest BCUT2D eigenvalue weighted by Gasteiger charge is -1.89. The molecule has 3 nitrogen and oxygen atoms in total. The summed E-state index contributed by atoms with van der Waals surface area (Å²) in [5.74, 6) is -0.0486. The van der Waals surface area contributed by atoms with Gasteiger partial charge in [0.05, 0.1) is 12.5 Å². The maximum Gasteiger partial charge on any atom is 0.222 e. The highest BCUT2D eigenvalue weighted by Gasteiger charge is 2.17. The lowest BCUT2D eigenvalue weighted by atomic mass is 10.3. The van der Waals surface area contributed by atoms with Crippen LogP contribution in [0.5, 0.6) is 0 Å². The summed E-state index contributed by atoms with van der Waals surface area (Å²) in [4.78, 5) is 10.2. The Morgan fingerprint density at radius 2 is 2.38 bits per heavy atom. The first-order valence-corrected chi connectivity index (χ1v) is 2.24. The average Bonchev–Trinajstić information content (AvgIpc) is 1.87. The molecule has 1 heterocycles. The normalized spacial score (nSPS) is 26.6. The molecule has 0 aliphatic carbocycles. The molecule has 0 unspecified atom stereocenters. The zero-order chi connectivity index (χ0) is 5.28. The van der Waals surface area contributed by atoms with Gasteiger partial charge >= 0.3 is 0 Å². The third kappa shape index (κ3) is 1.71. The lowest BCUT2D eigenvalue weighted by Crippen LogP contribution is -2.14. The van der Waals surface area contributed by atoms with Crippen LogP contribution in [0.15, 0.2) is 0 Å². The number of amides is 1. The van der Waals surface area contributed by atoms with Crippen molar-refractivity contribution in [3.63, 3.8) is 0 Å². The first-order valence-electron chi connectivity index (χ1n) is 2.24. The third-order valence-corrected chi connectivity index (χ3v) is 0.956. The molecule has 1 atom stereocenters. The monoisotopic (exact) mass is 135 g/mol. The maximum absolute atomic E-state index is 10.2. The molecule has 0 aromatic rings. The van der Waals surface area contributed by atoms with Gasteiger partial charge in [-0.2, -0.15) is 13.5 Å². The predicted octanol–water partition coefficient (Wildman–Crippen LogP) is -1.02. The van der Waals surface area contributed by atoms with Crippen LogP contribution in [0.3, 0.4) is 0 Å². The van der Waals surface area contributed by atoms with Crippen LogP contribution in [0.1, 0.15) is 6.42 Å². The molecule has 1 aliphatic heterocycles. The van der Waals surface area contributed by atoms with Crippen LogP contribution in [0.25, 0.3) is 0 Å². The molecule has 2 N–H and O–H groups in total. The Balaban J connectivity index is 0.000000490. The van der Waals surface area contributed by atoms with Gasteiger partial charge in [0.15, 0.2) is 0 Å². The van der Waals surface area contributed by atoms with E-state index in [0.717, 1.165) is 0 Å². The van der Waals surface area contributed by atoms with Crippen LogP contribution >= 0.6 is 13.5 Å². The number of carbonyl (C=O) groups is 1. The zero-order valence-corrected chi connectivity index (χ0v) is 5.35. The van der Waals surface area contributed by atoms with Crippen molar-refractivity contribution in [1.82, 2.24) is 5.32 Å². The molecule has 0 radical (unpaired) electrons. The molecular weight excluding hydrogens is 126 g/mol. The van der Waals surface area contributed by atoms with E-state index < -0.39 is 6.10 Å². The summed E-state index contributed by atoms with van der Waals surface area (Å²) in [5.41, 5.74) is 0. The Bertz CT molecular complexity index is 96.0. The van der Waals surface area contributed by atoms with E-state index in [9.17, 15) is 4.79 Å². The van der Waals surface area contributed by atoms with Crippen LogP contribution in [0, 0.1) is 0 Å². The van der Waals surface area contributed by atoms with Crippen LogP contribution in [-0.4, -0.2) is 23.7 Å². The Morgan fingerprint density at radius 1 is 1.75 bits per heavy atom. The number of aliphatic hydroxyl groups excluding tert-OH is 1. The van der Waals surface area contributed by atoms with E-state index in [1.165, 1.54) is 0 Å². The summed E-state index contributed by atoms with van der Waals surface area (Å²) in [6, 6.07) is 0. The van der Waals surface area contributed by atoms with Crippen molar-refractivity contribution in [3.05, 3.63) is 0 Å². The molecule has 1 aliphatic rings. The van der Waals surface area contributed by atoms with E-state index in [-0.39, 0.29) is 25.8 Å². The van der Waals surface area contributed by atoms with Gasteiger partial charge in [0.1, 0.15) is 0 Å². The first-order chi connectivity index (χ1) is 3.29. The Morgan fingerprint density at radius 3 is 2.50 bits per heavy atom. The van der Waals surface area contributed by atoms with Crippen molar-refractivity contribution in [3.8, 4) is 0 Å². The molecule has 1 rings (SSSR count). The molecule has 0 bridgehead atoms. The van der Waals surface area contributed by atoms with Crippen LogP contribution in [-0.2, 0) is 4.79 Å². The van der Waals surface area contributed by atoms with Crippen molar-refractivity contribution in [2.24, 2.45) is 0 Å². The van der Waals surface area contributed by atoms with Gasteiger partial charge in [-0.3, -0.25) is 4.79 Å². The van der Waals surface area contributed by atoms with E-state index in [2.05, 4.69) is 5.32 Å². The van der Waals surface area contributed by atoms with Gasteiger partial charge in [-0.05, 0) is 0 Å². The smallest absolute Gasteiger partial charge is 0.222 e. The Hall–Kier alpha value is -0.220. The molecule has 8 heavy (non-hydrogen) atoms. The molecule has 4 heteroatoms. The molecule has 0 aromatic heterocycles. The highest BCUT2D eigenvalue weighted by molar-refractivity contribution is 7.59. The molecule has 1 saturated heterocycles. The minimum absolute atomic E-state index is 0. The minimum Gasteiger partial charge on any atom is -0.391 e. The van der Waals surface area contributed by atoms with Crippen molar-refractivity contribution in [2.45, 2.75) is 12.5 Å². The highest BCUT2D eigenvalue weighted by atomic mass is 32.1. The molecule has 1 fully saturated rings. The summed E-state index contributed by atoms with van der Waals surface area (Å²) in [6.45, 7) is 0.429. The molecule has 1 amide bonds. The standard InChI is InChI=1S/C4H7NO2.H2S/c6-3-1-4(7)5-2-3;/h3,6H,1-2H2,(H,5,7);1H2/t3-;/m0./s1. The third-order valence-electron chi connectivity index (χ3n) is 0.956. The van der Waals surface area contributed by atoms with Gasteiger partial charge in [-0.1, -0.05) is 0 Å². The summed E-state index contributed by atoms with van der Waals surface area (Å²) in [6.07, 6.45) is -0.160. The number of rotatable bonds is 0. The van der Waals surface area contributed by atoms with Crippen LogP contribution in [0.2, 0.25) is 0 Å². The molecule has 0 aromatic carbocycles. The number of hydrogen-bond acceptors (Lipinski definition) is 2. The van der Waals surface area contributed by atoms with Crippen LogP contribution < -0.4 is 5.32 Å². The fraction of sp³-hybridized carbons (Fsp3) is 0.750. The van der Waals surface area contributed by atoms with Crippen molar-refractivity contribution in [1.29, 1.82) is 0 Å². The summed E-state index contributed by atoms with van der Waals surface area (Å²) in [7, 11) is 0. The second kappa shape index (κ2) is 2.94. The predicted molar refractivity (Wildman–Crippen MR) is 34.0 cm³/mol. The topological polar surface area (TPSA) is 49.3 Å². The lowest BCUT2D eigenvalue weighted by molar-refractivity contribution is -0.119. The van der Waals surface area contributed by atoms with Gasteiger partial charge in [-0.25, -0.2) is 0 Å². The Kier molecular flexibility index (Phi) is 2.86. The van der Waals surface area contributed by atoms with Gasteiger partial charge in [0, 0.05) is 6.54 Å². The number of aliphatic hydroxyl groups is 1. The minimum atomic E-state index is -0.438. The number of carbonyl (C=O) groups excluding carboxylic acids is 1. The SMILES string of the molecule is O=C1C[C@H](O)CN1.S. The fourth-order valence-electron chi connectivity index (χ4n) is 0.590. The first kappa shape index (κ1) is 7.78. The zero-order valence-electron chi connectivity index (χ0n) is 4.35. The van der Waals surface area contributed by atoms with E-state index in [1.807, 2.05) is 0 Å². The largest absolute Gasteiger partial charge is 0.391 e. The summed E-state index contributed by atoms with van der Waals surface area (Å²) in [5, 5.41) is 11.1. The van der Waals surface area contributed by atoms with E-state index >= 15 is 0 Å². The van der Waals surface area contributed by atoms with Crippen molar-refractivity contribution in [2.75, 3.05) is 6.54 Å². The van der Waals surface area contributed by atoms with E-state index in [1.54, 1.807) is 0 Å². The van der Waals surface area contributed by atoms with Gasteiger partial charge < -0.3 is 10.4 Å². The highest BCUT2D eigenvalue weighted by Crippen LogP contribution is 1.95. The second-order valence-electron chi connectivity index (χ2n) is 1.66. The summed E-state index contributed by atoms with van der Waals surface area (Å²) < 4.78 is 0. The maximum atomic E-state index is 10.2. The number of hydrogen-bond donors (Lipinski definition) is 2.